The SMILES string of the molecule is O=C(Nc1cnc(N2CCN(c3ccccc3)CC2)nc1)Nc1cccc(Cl)c1. The van der Waals surface area contributed by atoms with Crippen LogP contribution >= 0.6 is 11.6 Å². The predicted molar refractivity (Wildman–Crippen MR) is 117 cm³/mol. The van der Waals surface area contributed by atoms with E-state index in [1.807, 2.05) is 6.07 Å². The molecule has 8 heteroatoms. The van der Waals surface area contributed by atoms with Gasteiger partial charge in [0.05, 0.1) is 18.1 Å². The summed E-state index contributed by atoms with van der Waals surface area (Å²) in [5, 5.41) is 6.01. The molecule has 1 aromatic heterocycles. The van der Waals surface area contributed by atoms with Crippen molar-refractivity contribution >= 4 is 40.6 Å². The Morgan fingerprint density at radius 3 is 2.17 bits per heavy atom. The third-order valence-corrected chi connectivity index (χ3v) is 4.90. The van der Waals surface area contributed by atoms with Gasteiger partial charge >= 0.3 is 6.03 Å². The summed E-state index contributed by atoms with van der Waals surface area (Å²) in [6, 6.07) is 17.0. The van der Waals surface area contributed by atoms with E-state index >= 15 is 0 Å². The number of aromatic nitrogens is 2. The van der Waals surface area contributed by atoms with Crippen molar-refractivity contribution in [2.45, 2.75) is 0 Å². The number of urea groups is 1. The first kappa shape index (κ1) is 19.0. The van der Waals surface area contributed by atoms with Gasteiger partial charge in [0.25, 0.3) is 0 Å². The Labute approximate surface area is 174 Å². The van der Waals surface area contributed by atoms with Crippen molar-refractivity contribution in [3.63, 3.8) is 0 Å². The molecule has 2 amide bonds. The Morgan fingerprint density at radius 1 is 0.828 bits per heavy atom. The van der Waals surface area contributed by atoms with E-state index in [0.29, 0.717) is 22.3 Å². The smallest absolute Gasteiger partial charge is 0.323 e. The van der Waals surface area contributed by atoms with Crippen molar-refractivity contribution in [3.8, 4) is 0 Å². The molecule has 4 rings (SSSR count). The lowest BCUT2D eigenvalue weighted by Gasteiger charge is -2.36. The number of halogens is 1. The zero-order chi connectivity index (χ0) is 20.1. The van der Waals surface area contributed by atoms with E-state index in [-0.39, 0.29) is 6.03 Å². The number of piperazine rings is 1. The first-order chi connectivity index (χ1) is 14.2. The van der Waals surface area contributed by atoms with E-state index in [1.165, 1.54) is 5.69 Å². The van der Waals surface area contributed by atoms with E-state index in [4.69, 9.17) is 11.6 Å². The van der Waals surface area contributed by atoms with Gasteiger partial charge in [-0.25, -0.2) is 14.8 Å². The van der Waals surface area contributed by atoms with Crippen molar-refractivity contribution in [2.75, 3.05) is 46.6 Å². The topological polar surface area (TPSA) is 73.4 Å². The predicted octanol–water partition coefficient (Wildman–Crippen LogP) is 4.10. The highest BCUT2D eigenvalue weighted by Gasteiger charge is 2.19. The van der Waals surface area contributed by atoms with Crippen molar-refractivity contribution < 1.29 is 4.79 Å². The quantitative estimate of drug-likeness (QED) is 0.679. The number of rotatable bonds is 4. The van der Waals surface area contributed by atoms with Crippen LogP contribution in [0.3, 0.4) is 0 Å². The van der Waals surface area contributed by atoms with E-state index in [1.54, 1.807) is 36.7 Å². The molecular weight excluding hydrogens is 388 g/mol. The lowest BCUT2D eigenvalue weighted by Crippen LogP contribution is -2.47. The maximum Gasteiger partial charge on any atom is 0.323 e. The molecule has 0 spiro atoms. The molecule has 3 aromatic rings. The van der Waals surface area contributed by atoms with Crippen molar-refractivity contribution in [3.05, 3.63) is 72.0 Å². The van der Waals surface area contributed by atoms with Crippen LogP contribution in [0, 0.1) is 0 Å². The molecule has 0 saturated carbocycles. The molecule has 29 heavy (non-hydrogen) atoms. The van der Waals surface area contributed by atoms with E-state index in [9.17, 15) is 4.79 Å². The zero-order valence-corrected chi connectivity index (χ0v) is 16.5. The third kappa shape index (κ3) is 4.94. The van der Waals surface area contributed by atoms with Gasteiger partial charge in [-0.2, -0.15) is 0 Å². The summed E-state index contributed by atoms with van der Waals surface area (Å²) in [7, 11) is 0. The number of carbonyl (C=O) groups is 1. The summed E-state index contributed by atoms with van der Waals surface area (Å²) < 4.78 is 0. The molecule has 0 unspecified atom stereocenters. The number of benzene rings is 2. The van der Waals surface area contributed by atoms with Gasteiger partial charge < -0.3 is 20.4 Å². The summed E-state index contributed by atoms with van der Waals surface area (Å²) in [6.07, 6.45) is 3.23. The summed E-state index contributed by atoms with van der Waals surface area (Å²) >= 11 is 5.92. The monoisotopic (exact) mass is 408 g/mol. The van der Waals surface area contributed by atoms with Crippen LogP contribution in [0.2, 0.25) is 5.02 Å². The highest BCUT2D eigenvalue weighted by Crippen LogP contribution is 2.19. The number of anilines is 4. The van der Waals surface area contributed by atoms with Gasteiger partial charge in [-0.05, 0) is 30.3 Å². The Bertz CT molecular complexity index is 958. The second-order valence-electron chi connectivity index (χ2n) is 6.67. The fourth-order valence-electron chi connectivity index (χ4n) is 3.21. The van der Waals surface area contributed by atoms with E-state index in [2.05, 4.69) is 54.7 Å². The van der Waals surface area contributed by atoms with Crippen LogP contribution < -0.4 is 20.4 Å². The molecular formula is C21H21ClN6O. The minimum Gasteiger partial charge on any atom is -0.368 e. The van der Waals surface area contributed by atoms with E-state index in [0.717, 1.165) is 26.2 Å². The molecule has 7 nitrogen and oxygen atoms in total. The molecule has 148 valence electrons. The summed E-state index contributed by atoms with van der Waals surface area (Å²) in [4.78, 5) is 25.4. The third-order valence-electron chi connectivity index (χ3n) is 4.66. The number of nitrogens with zero attached hydrogens (tertiary/aromatic N) is 4. The minimum absolute atomic E-state index is 0.375. The molecule has 1 aliphatic heterocycles. The van der Waals surface area contributed by atoms with E-state index < -0.39 is 0 Å². The van der Waals surface area contributed by atoms with Crippen LogP contribution in [-0.4, -0.2) is 42.2 Å². The maximum absolute atomic E-state index is 12.1. The van der Waals surface area contributed by atoms with Crippen molar-refractivity contribution in [1.29, 1.82) is 0 Å². The van der Waals surface area contributed by atoms with Crippen LogP contribution in [0.5, 0.6) is 0 Å². The number of para-hydroxylation sites is 1. The molecule has 0 aliphatic carbocycles. The number of carbonyl (C=O) groups excluding carboxylic acids is 1. The van der Waals surface area contributed by atoms with Crippen LogP contribution in [-0.2, 0) is 0 Å². The average molecular weight is 409 g/mol. The Hall–Kier alpha value is -3.32. The Kier molecular flexibility index (Phi) is 5.76. The molecule has 0 radical (unpaired) electrons. The molecule has 2 aromatic carbocycles. The highest BCUT2D eigenvalue weighted by atomic mass is 35.5. The fourth-order valence-corrected chi connectivity index (χ4v) is 3.40. The molecule has 0 bridgehead atoms. The zero-order valence-electron chi connectivity index (χ0n) is 15.8. The second kappa shape index (κ2) is 8.79. The number of hydrogen-bond acceptors (Lipinski definition) is 5. The van der Waals surface area contributed by atoms with Gasteiger partial charge in [0.2, 0.25) is 5.95 Å². The largest absolute Gasteiger partial charge is 0.368 e. The first-order valence-electron chi connectivity index (χ1n) is 9.38. The maximum atomic E-state index is 12.1. The second-order valence-corrected chi connectivity index (χ2v) is 7.11. The van der Waals surface area contributed by atoms with Crippen LogP contribution in [0.25, 0.3) is 0 Å². The molecule has 1 aliphatic rings. The van der Waals surface area contributed by atoms with Gasteiger partial charge in [0.1, 0.15) is 0 Å². The molecule has 2 heterocycles. The molecule has 0 atom stereocenters. The lowest BCUT2D eigenvalue weighted by atomic mass is 10.2. The van der Waals surface area contributed by atoms with Crippen LogP contribution in [0.15, 0.2) is 67.0 Å². The lowest BCUT2D eigenvalue weighted by molar-refractivity contribution is 0.262. The average Bonchev–Trinajstić information content (AvgIpc) is 2.75. The van der Waals surface area contributed by atoms with Gasteiger partial charge in [0, 0.05) is 42.6 Å². The van der Waals surface area contributed by atoms with Crippen molar-refractivity contribution in [2.24, 2.45) is 0 Å². The molecule has 2 N–H and O–H groups in total. The molecule has 1 saturated heterocycles. The highest BCUT2D eigenvalue weighted by molar-refractivity contribution is 6.30. The summed E-state index contributed by atoms with van der Waals surface area (Å²) in [5.41, 5.74) is 2.37. The standard InChI is InChI=1S/C21H21ClN6O/c22-16-5-4-6-17(13-16)25-21(29)26-18-14-23-20(24-15-18)28-11-9-27(10-12-28)19-7-2-1-3-8-19/h1-8,13-15H,9-12H2,(H2,25,26,29). The van der Waals surface area contributed by atoms with Gasteiger partial charge in [-0.3, -0.25) is 0 Å². The van der Waals surface area contributed by atoms with Gasteiger partial charge in [0.15, 0.2) is 0 Å². The minimum atomic E-state index is -0.375. The Morgan fingerprint density at radius 2 is 1.48 bits per heavy atom. The van der Waals surface area contributed by atoms with Gasteiger partial charge in [-0.15, -0.1) is 0 Å². The van der Waals surface area contributed by atoms with Crippen molar-refractivity contribution in [1.82, 2.24) is 9.97 Å². The van der Waals surface area contributed by atoms with Crippen LogP contribution in [0.4, 0.5) is 27.8 Å². The van der Waals surface area contributed by atoms with Crippen LogP contribution in [0.1, 0.15) is 0 Å². The van der Waals surface area contributed by atoms with Gasteiger partial charge in [-0.1, -0.05) is 35.9 Å². The number of hydrogen-bond donors (Lipinski definition) is 2. The number of amides is 2. The first-order valence-corrected chi connectivity index (χ1v) is 9.76. The molecule has 1 fully saturated rings. The summed E-state index contributed by atoms with van der Waals surface area (Å²) in [6.45, 7) is 3.51. The summed E-state index contributed by atoms with van der Waals surface area (Å²) in [5.74, 6) is 0.665. The Balaban J connectivity index is 1.31. The fraction of sp³-hybridized carbons (Fsp3) is 0.190. The number of nitrogens with one attached hydrogen (secondary N) is 2. The normalized spacial score (nSPS) is 13.8.